The molecule has 1 nitrogen and oxygen atoms in total. The van der Waals surface area contributed by atoms with Gasteiger partial charge in [0.15, 0.2) is 5.78 Å². The summed E-state index contributed by atoms with van der Waals surface area (Å²) in [5.74, 6) is 0.0203. The lowest BCUT2D eigenvalue weighted by atomic mass is 10.2. The SMILES string of the molecule is CC(=O)/C=C/c1cc(Cl)ccc1Br. The molecule has 0 fully saturated rings. The quantitative estimate of drug-likeness (QED) is 0.740. The summed E-state index contributed by atoms with van der Waals surface area (Å²) >= 11 is 9.15. The van der Waals surface area contributed by atoms with E-state index < -0.39 is 0 Å². The third-order valence-corrected chi connectivity index (χ3v) is 2.41. The molecule has 0 saturated carbocycles. The van der Waals surface area contributed by atoms with E-state index in [-0.39, 0.29) is 5.78 Å². The molecule has 13 heavy (non-hydrogen) atoms. The van der Waals surface area contributed by atoms with Crippen molar-refractivity contribution < 1.29 is 4.79 Å². The van der Waals surface area contributed by atoms with Gasteiger partial charge in [-0.1, -0.05) is 33.6 Å². The van der Waals surface area contributed by atoms with Crippen LogP contribution < -0.4 is 0 Å². The fourth-order valence-corrected chi connectivity index (χ4v) is 1.41. The van der Waals surface area contributed by atoms with Crippen LogP contribution >= 0.6 is 27.5 Å². The molecule has 0 aromatic heterocycles. The van der Waals surface area contributed by atoms with Gasteiger partial charge in [-0.15, -0.1) is 0 Å². The zero-order chi connectivity index (χ0) is 9.84. The Morgan fingerprint density at radius 1 is 1.54 bits per heavy atom. The minimum Gasteiger partial charge on any atom is -0.295 e. The minimum atomic E-state index is 0.0203. The second kappa shape index (κ2) is 4.58. The first-order chi connectivity index (χ1) is 6.09. The number of benzene rings is 1. The summed E-state index contributed by atoms with van der Waals surface area (Å²) in [5.41, 5.74) is 0.905. The van der Waals surface area contributed by atoms with Crippen LogP contribution in [0.3, 0.4) is 0 Å². The molecule has 0 aliphatic heterocycles. The normalized spacial score (nSPS) is 10.7. The van der Waals surface area contributed by atoms with E-state index in [4.69, 9.17) is 11.6 Å². The first-order valence-electron chi connectivity index (χ1n) is 3.73. The van der Waals surface area contributed by atoms with Gasteiger partial charge in [-0.2, -0.15) is 0 Å². The second-order valence-corrected chi connectivity index (χ2v) is 3.90. The van der Waals surface area contributed by atoms with Crippen LogP contribution in [0.1, 0.15) is 12.5 Å². The highest BCUT2D eigenvalue weighted by Crippen LogP contribution is 2.22. The fourth-order valence-electron chi connectivity index (χ4n) is 0.849. The highest BCUT2D eigenvalue weighted by molar-refractivity contribution is 9.10. The molecular weight excluding hydrogens is 251 g/mol. The number of allylic oxidation sites excluding steroid dienone is 1. The van der Waals surface area contributed by atoms with E-state index in [0.29, 0.717) is 5.02 Å². The smallest absolute Gasteiger partial charge is 0.152 e. The van der Waals surface area contributed by atoms with E-state index in [2.05, 4.69) is 15.9 Å². The molecular formula is C10H8BrClO. The van der Waals surface area contributed by atoms with Crippen molar-refractivity contribution in [3.8, 4) is 0 Å². The summed E-state index contributed by atoms with van der Waals surface area (Å²) in [6.07, 6.45) is 3.24. The highest BCUT2D eigenvalue weighted by Gasteiger charge is 1.96. The summed E-state index contributed by atoms with van der Waals surface area (Å²) < 4.78 is 0.925. The summed E-state index contributed by atoms with van der Waals surface area (Å²) in [5, 5.41) is 0.659. The molecule has 0 spiro atoms. The Labute approximate surface area is 90.5 Å². The van der Waals surface area contributed by atoms with Crippen LogP contribution in [0.2, 0.25) is 5.02 Å². The predicted octanol–water partition coefficient (Wildman–Crippen LogP) is 3.70. The van der Waals surface area contributed by atoms with Gasteiger partial charge in [0.2, 0.25) is 0 Å². The van der Waals surface area contributed by atoms with Crippen molar-refractivity contribution in [1.82, 2.24) is 0 Å². The van der Waals surface area contributed by atoms with Gasteiger partial charge in [0.1, 0.15) is 0 Å². The summed E-state index contributed by atoms with van der Waals surface area (Å²) in [7, 11) is 0. The average molecular weight is 260 g/mol. The first-order valence-corrected chi connectivity index (χ1v) is 4.90. The van der Waals surface area contributed by atoms with E-state index in [1.165, 1.54) is 13.0 Å². The molecule has 3 heteroatoms. The van der Waals surface area contributed by atoms with E-state index >= 15 is 0 Å². The number of carbonyl (C=O) groups is 1. The second-order valence-electron chi connectivity index (χ2n) is 2.61. The van der Waals surface area contributed by atoms with Crippen molar-refractivity contribution in [1.29, 1.82) is 0 Å². The third-order valence-electron chi connectivity index (χ3n) is 1.46. The minimum absolute atomic E-state index is 0.0203. The third kappa shape index (κ3) is 3.33. The van der Waals surface area contributed by atoms with Crippen molar-refractivity contribution in [3.05, 3.63) is 39.3 Å². The van der Waals surface area contributed by atoms with Crippen LogP contribution in [-0.4, -0.2) is 5.78 Å². The topological polar surface area (TPSA) is 17.1 Å². The first kappa shape index (κ1) is 10.5. The standard InChI is InChI=1S/C10H8BrClO/c1-7(13)2-3-8-6-9(12)4-5-10(8)11/h2-6H,1H3/b3-2+. The number of hydrogen-bond donors (Lipinski definition) is 0. The van der Waals surface area contributed by atoms with Gasteiger partial charge in [0.05, 0.1) is 0 Å². The molecule has 0 amide bonds. The highest BCUT2D eigenvalue weighted by atomic mass is 79.9. The zero-order valence-electron chi connectivity index (χ0n) is 7.05. The van der Waals surface area contributed by atoms with Gasteiger partial charge in [0, 0.05) is 9.50 Å². The Morgan fingerprint density at radius 2 is 2.23 bits per heavy atom. The maximum Gasteiger partial charge on any atom is 0.152 e. The van der Waals surface area contributed by atoms with Crippen molar-refractivity contribution in [2.24, 2.45) is 0 Å². The van der Waals surface area contributed by atoms with E-state index in [0.717, 1.165) is 10.0 Å². The molecule has 1 rings (SSSR count). The molecule has 0 N–H and O–H groups in total. The molecule has 0 bridgehead atoms. The van der Waals surface area contributed by atoms with Crippen molar-refractivity contribution in [3.63, 3.8) is 0 Å². The van der Waals surface area contributed by atoms with Crippen LogP contribution in [0.15, 0.2) is 28.7 Å². The maximum absolute atomic E-state index is 10.7. The number of carbonyl (C=O) groups excluding carboxylic acids is 1. The Morgan fingerprint density at radius 3 is 2.85 bits per heavy atom. The molecule has 1 aromatic carbocycles. The van der Waals surface area contributed by atoms with Crippen LogP contribution in [0.4, 0.5) is 0 Å². The van der Waals surface area contributed by atoms with Gasteiger partial charge in [-0.3, -0.25) is 4.79 Å². The van der Waals surface area contributed by atoms with Gasteiger partial charge >= 0.3 is 0 Å². The number of halogens is 2. The lowest BCUT2D eigenvalue weighted by Crippen LogP contribution is -1.81. The molecule has 0 saturated heterocycles. The van der Waals surface area contributed by atoms with E-state index in [1.807, 2.05) is 6.07 Å². The average Bonchev–Trinajstić information content (AvgIpc) is 2.06. The number of ketones is 1. The van der Waals surface area contributed by atoms with Crippen molar-refractivity contribution in [2.75, 3.05) is 0 Å². The fraction of sp³-hybridized carbons (Fsp3) is 0.100. The molecule has 68 valence electrons. The van der Waals surface area contributed by atoms with Gasteiger partial charge in [-0.05, 0) is 36.8 Å². The van der Waals surface area contributed by atoms with Crippen LogP contribution in [0.25, 0.3) is 6.08 Å². The number of hydrogen-bond acceptors (Lipinski definition) is 1. The van der Waals surface area contributed by atoms with Gasteiger partial charge < -0.3 is 0 Å². The molecule has 0 unspecified atom stereocenters. The Kier molecular flexibility index (Phi) is 3.70. The Balaban J connectivity index is 3.00. The molecule has 1 aromatic rings. The van der Waals surface area contributed by atoms with Crippen LogP contribution in [0.5, 0.6) is 0 Å². The van der Waals surface area contributed by atoms with Gasteiger partial charge in [0.25, 0.3) is 0 Å². The van der Waals surface area contributed by atoms with Crippen molar-refractivity contribution in [2.45, 2.75) is 6.92 Å². The Bertz CT molecular complexity index is 358. The molecule has 0 aliphatic carbocycles. The lowest BCUT2D eigenvalue weighted by molar-refractivity contribution is -0.112. The van der Waals surface area contributed by atoms with Crippen molar-refractivity contribution >= 4 is 39.4 Å². The predicted molar refractivity (Wildman–Crippen MR) is 58.9 cm³/mol. The Hall–Kier alpha value is -0.600. The molecule has 0 radical (unpaired) electrons. The van der Waals surface area contributed by atoms with Gasteiger partial charge in [-0.25, -0.2) is 0 Å². The monoisotopic (exact) mass is 258 g/mol. The van der Waals surface area contributed by atoms with E-state index in [9.17, 15) is 4.79 Å². The van der Waals surface area contributed by atoms with E-state index in [1.54, 1.807) is 18.2 Å². The maximum atomic E-state index is 10.7. The lowest BCUT2D eigenvalue weighted by Gasteiger charge is -1.97. The molecule has 0 heterocycles. The van der Waals surface area contributed by atoms with Crippen LogP contribution in [-0.2, 0) is 4.79 Å². The summed E-state index contributed by atoms with van der Waals surface area (Å²) in [6.45, 7) is 1.51. The van der Waals surface area contributed by atoms with Crippen LogP contribution in [0, 0.1) is 0 Å². The number of rotatable bonds is 2. The largest absolute Gasteiger partial charge is 0.295 e. The molecule has 0 atom stereocenters. The summed E-state index contributed by atoms with van der Waals surface area (Å²) in [4.78, 5) is 10.7. The zero-order valence-corrected chi connectivity index (χ0v) is 9.39. The molecule has 0 aliphatic rings. The summed E-state index contributed by atoms with van der Waals surface area (Å²) in [6, 6.07) is 5.43.